The summed E-state index contributed by atoms with van der Waals surface area (Å²) < 4.78 is 0. The largest absolute Gasteiger partial charge is 0.326 e. The summed E-state index contributed by atoms with van der Waals surface area (Å²) in [5.74, 6) is -0.112. The van der Waals surface area contributed by atoms with E-state index >= 15 is 0 Å². The minimum atomic E-state index is -0.261. The van der Waals surface area contributed by atoms with Gasteiger partial charge in [-0.05, 0) is 31.0 Å². The number of hydrazone groups is 1. The number of hydrogen-bond acceptors (Lipinski definition) is 5. The lowest BCUT2D eigenvalue weighted by Gasteiger charge is -2.14. The van der Waals surface area contributed by atoms with Crippen LogP contribution in [0.15, 0.2) is 23.3 Å². The van der Waals surface area contributed by atoms with Crippen molar-refractivity contribution in [2.45, 2.75) is 27.2 Å². The van der Waals surface area contributed by atoms with Crippen LogP contribution in [0.25, 0.3) is 0 Å². The molecule has 0 aliphatic heterocycles. The predicted molar refractivity (Wildman–Crippen MR) is 81.5 cm³/mol. The van der Waals surface area contributed by atoms with Gasteiger partial charge in [-0.2, -0.15) is 15.6 Å². The number of anilines is 2. The van der Waals surface area contributed by atoms with Gasteiger partial charge in [-0.15, -0.1) is 0 Å². The average Bonchev–Trinajstić information content (AvgIpc) is 2.50. The lowest BCUT2D eigenvalue weighted by Crippen LogP contribution is -2.20. The molecule has 1 unspecified atom stereocenters. The van der Waals surface area contributed by atoms with E-state index in [1.165, 1.54) is 0 Å². The highest BCUT2D eigenvalue weighted by Gasteiger charge is 2.12. The van der Waals surface area contributed by atoms with Gasteiger partial charge in [0.2, 0.25) is 11.6 Å². The number of benzene rings is 1. The summed E-state index contributed by atoms with van der Waals surface area (Å²) in [4.78, 5) is 11.9. The molecule has 1 aromatic rings. The van der Waals surface area contributed by atoms with E-state index in [-0.39, 0.29) is 17.5 Å². The van der Waals surface area contributed by atoms with E-state index in [9.17, 15) is 4.79 Å². The molecule has 108 valence electrons. The number of nitriles is 2. The molecule has 1 rings (SSSR count). The fourth-order valence-electron chi connectivity index (χ4n) is 1.52. The summed E-state index contributed by atoms with van der Waals surface area (Å²) in [6.07, 6.45) is 0.765. The van der Waals surface area contributed by atoms with Gasteiger partial charge in [0.25, 0.3) is 0 Å². The van der Waals surface area contributed by atoms with Crippen LogP contribution in [0, 0.1) is 35.5 Å². The molecule has 1 amide bonds. The van der Waals surface area contributed by atoms with Crippen LogP contribution < -0.4 is 10.7 Å². The maximum Gasteiger partial charge on any atom is 0.237 e. The molecule has 2 N–H and O–H groups in total. The molecule has 0 aromatic heterocycles. The van der Waals surface area contributed by atoms with E-state index < -0.39 is 0 Å². The number of carbonyl (C=O) groups excluding carboxylic acids is 1. The van der Waals surface area contributed by atoms with Crippen LogP contribution in [-0.4, -0.2) is 11.6 Å². The number of amides is 1. The predicted octanol–water partition coefficient (Wildman–Crippen LogP) is 2.79. The highest BCUT2D eigenvalue weighted by atomic mass is 16.1. The lowest BCUT2D eigenvalue weighted by molar-refractivity contribution is -0.119. The molecule has 1 aromatic carbocycles. The van der Waals surface area contributed by atoms with Crippen LogP contribution in [0.5, 0.6) is 0 Å². The maximum atomic E-state index is 11.9. The standard InChI is InChI=1S/C15H17N5O/c1-4-10(2)15(21)18-13-6-5-7-14(11(13)3)20-19-12(8-16)9-17/h5-7,10,20H,4H2,1-3H3,(H,18,21). The smallest absolute Gasteiger partial charge is 0.237 e. The van der Waals surface area contributed by atoms with Crippen molar-refractivity contribution in [2.75, 3.05) is 10.7 Å². The van der Waals surface area contributed by atoms with Gasteiger partial charge >= 0.3 is 0 Å². The van der Waals surface area contributed by atoms with Gasteiger partial charge in [-0.25, -0.2) is 0 Å². The molecule has 0 saturated heterocycles. The Labute approximate surface area is 124 Å². The van der Waals surface area contributed by atoms with Crippen LogP contribution in [0.2, 0.25) is 0 Å². The summed E-state index contributed by atoms with van der Waals surface area (Å²) in [6, 6.07) is 8.64. The van der Waals surface area contributed by atoms with Gasteiger partial charge < -0.3 is 5.32 Å². The summed E-state index contributed by atoms with van der Waals surface area (Å²) in [5, 5.41) is 23.8. The Balaban J connectivity index is 2.95. The van der Waals surface area contributed by atoms with Crippen molar-refractivity contribution in [2.24, 2.45) is 11.0 Å². The molecular formula is C15H17N5O. The third-order valence-corrected chi connectivity index (χ3v) is 3.15. The third-order valence-electron chi connectivity index (χ3n) is 3.15. The number of nitrogens with one attached hydrogen (secondary N) is 2. The van der Waals surface area contributed by atoms with Gasteiger partial charge in [0.15, 0.2) is 0 Å². The normalized spacial score (nSPS) is 10.7. The highest BCUT2D eigenvalue weighted by Crippen LogP contribution is 2.24. The lowest BCUT2D eigenvalue weighted by atomic mass is 10.1. The number of rotatable bonds is 5. The average molecular weight is 283 g/mol. The summed E-state index contributed by atoms with van der Waals surface area (Å²) in [7, 11) is 0. The van der Waals surface area contributed by atoms with Crippen molar-refractivity contribution < 1.29 is 4.79 Å². The summed E-state index contributed by atoms with van der Waals surface area (Å²) >= 11 is 0. The Hall–Kier alpha value is -2.86. The third kappa shape index (κ3) is 4.32. The molecule has 0 radical (unpaired) electrons. The second-order valence-electron chi connectivity index (χ2n) is 4.57. The molecule has 1 atom stereocenters. The molecule has 0 spiro atoms. The zero-order chi connectivity index (χ0) is 15.8. The zero-order valence-corrected chi connectivity index (χ0v) is 12.3. The first-order valence-corrected chi connectivity index (χ1v) is 6.57. The van der Waals surface area contributed by atoms with Crippen LogP contribution in [0.1, 0.15) is 25.8 Å². The molecule has 0 aliphatic rings. The molecule has 0 bridgehead atoms. The fraction of sp³-hybridized carbons (Fsp3) is 0.333. The van der Waals surface area contributed by atoms with Gasteiger partial charge in [0.1, 0.15) is 12.1 Å². The molecule has 6 nitrogen and oxygen atoms in total. The van der Waals surface area contributed by atoms with E-state index in [0.717, 1.165) is 12.0 Å². The molecular weight excluding hydrogens is 266 g/mol. The van der Waals surface area contributed by atoms with Crippen LogP contribution in [0.4, 0.5) is 11.4 Å². The topological polar surface area (TPSA) is 101 Å². The van der Waals surface area contributed by atoms with E-state index in [1.807, 2.05) is 20.8 Å². The van der Waals surface area contributed by atoms with Crippen molar-refractivity contribution in [3.63, 3.8) is 0 Å². The van der Waals surface area contributed by atoms with E-state index in [1.54, 1.807) is 30.3 Å². The minimum Gasteiger partial charge on any atom is -0.326 e. The first-order chi connectivity index (χ1) is 10.0. The van der Waals surface area contributed by atoms with Gasteiger partial charge in [-0.3, -0.25) is 10.2 Å². The Morgan fingerprint density at radius 1 is 1.33 bits per heavy atom. The second-order valence-corrected chi connectivity index (χ2v) is 4.57. The Kier molecular flexibility index (Phi) is 5.91. The number of nitrogens with zero attached hydrogens (tertiary/aromatic N) is 3. The highest BCUT2D eigenvalue weighted by molar-refractivity contribution is 6.10. The summed E-state index contributed by atoms with van der Waals surface area (Å²) in [6.45, 7) is 5.64. The molecule has 0 saturated carbocycles. The Morgan fingerprint density at radius 3 is 2.52 bits per heavy atom. The van der Waals surface area contributed by atoms with Crippen molar-refractivity contribution in [1.82, 2.24) is 0 Å². The minimum absolute atomic E-state index is 0.0454. The number of carbonyl (C=O) groups is 1. The molecule has 21 heavy (non-hydrogen) atoms. The first kappa shape index (κ1) is 16.2. The zero-order valence-electron chi connectivity index (χ0n) is 12.3. The van der Waals surface area contributed by atoms with Crippen LogP contribution in [-0.2, 0) is 4.79 Å². The fourth-order valence-corrected chi connectivity index (χ4v) is 1.52. The van der Waals surface area contributed by atoms with E-state index in [2.05, 4.69) is 15.8 Å². The van der Waals surface area contributed by atoms with Gasteiger partial charge in [0, 0.05) is 11.6 Å². The molecule has 0 fully saturated rings. The molecule has 6 heteroatoms. The van der Waals surface area contributed by atoms with Crippen molar-refractivity contribution >= 4 is 23.0 Å². The maximum absolute atomic E-state index is 11.9. The van der Waals surface area contributed by atoms with Gasteiger partial charge in [0.05, 0.1) is 5.69 Å². The SMILES string of the molecule is CCC(C)C(=O)Nc1cccc(NN=C(C#N)C#N)c1C. The second kappa shape index (κ2) is 7.66. The first-order valence-electron chi connectivity index (χ1n) is 6.57. The Morgan fingerprint density at radius 2 is 1.95 bits per heavy atom. The quantitative estimate of drug-likeness (QED) is 0.640. The van der Waals surface area contributed by atoms with Gasteiger partial charge in [-0.1, -0.05) is 19.9 Å². The molecule has 0 aliphatic carbocycles. The van der Waals surface area contributed by atoms with Crippen LogP contribution >= 0.6 is 0 Å². The Bertz CT molecular complexity index is 620. The molecule has 0 heterocycles. The van der Waals surface area contributed by atoms with Crippen molar-refractivity contribution in [3.8, 4) is 12.1 Å². The van der Waals surface area contributed by atoms with Crippen molar-refractivity contribution in [1.29, 1.82) is 10.5 Å². The van der Waals surface area contributed by atoms with Crippen molar-refractivity contribution in [3.05, 3.63) is 23.8 Å². The van der Waals surface area contributed by atoms with E-state index in [4.69, 9.17) is 10.5 Å². The monoisotopic (exact) mass is 283 g/mol. The van der Waals surface area contributed by atoms with Crippen LogP contribution in [0.3, 0.4) is 0 Å². The van der Waals surface area contributed by atoms with E-state index in [0.29, 0.717) is 11.4 Å². The number of hydrogen-bond donors (Lipinski definition) is 2. The summed E-state index contributed by atoms with van der Waals surface area (Å²) in [5.41, 5.74) is 4.49.